The quantitative estimate of drug-likeness (QED) is 0.470. The normalized spacial score (nSPS) is 14.7. The van der Waals surface area contributed by atoms with Crippen LogP contribution < -0.4 is 10.6 Å². The average molecular weight is 437 g/mol. The van der Waals surface area contributed by atoms with Gasteiger partial charge in [-0.3, -0.25) is 14.1 Å². The van der Waals surface area contributed by atoms with Crippen molar-refractivity contribution in [3.8, 4) is 11.3 Å². The molecule has 0 unspecified atom stereocenters. The SMILES string of the molecule is O=C(Nc1ccccc1-c1cn2c(CN3CCNCC3)csc2n1)c1cccnc1F. The molecule has 0 radical (unpaired) electrons. The minimum absolute atomic E-state index is 0.0959. The molecule has 2 N–H and O–H groups in total. The number of hydrogen-bond acceptors (Lipinski definition) is 6. The Morgan fingerprint density at radius 1 is 1.19 bits per heavy atom. The molecule has 31 heavy (non-hydrogen) atoms. The molecular weight excluding hydrogens is 415 g/mol. The number of nitrogens with zero attached hydrogens (tertiary/aromatic N) is 4. The number of carbonyl (C=O) groups is 1. The largest absolute Gasteiger partial charge is 0.321 e. The lowest BCUT2D eigenvalue weighted by Gasteiger charge is -2.26. The van der Waals surface area contributed by atoms with E-state index in [0.717, 1.165) is 48.9 Å². The number of carbonyl (C=O) groups excluding carboxylic acids is 1. The van der Waals surface area contributed by atoms with Crippen molar-refractivity contribution in [3.63, 3.8) is 0 Å². The Balaban J connectivity index is 1.43. The van der Waals surface area contributed by atoms with Crippen LogP contribution >= 0.6 is 11.3 Å². The van der Waals surface area contributed by atoms with Crippen LogP contribution in [0.25, 0.3) is 16.2 Å². The number of anilines is 1. The van der Waals surface area contributed by atoms with E-state index in [9.17, 15) is 9.18 Å². The van der Waals surface area contributed by atoms with Crippen LogP contribution in [0.3, 0.4) is 0 Å². The molecule has 1 aliphatic heterocycles. The standard InChI is InChI=1S/C22H21FN6OS/c23-20-17(5-3-7-25-20)21(30)26-18-6-2-1-4-16(18)19-13-29-15(14-31-22(29)27-19)12-28-10-8-24-9-11-28/h1-7,13-14,24H,8-12H2,(H,26,30). The maximum absolute atomic E-state index is 13.9. The highest BCUT2D eigenvalue weighted by Gasteiger charge is 2.18. The molecule has 5 rings (SSSR count). The third kappa shape index (κ3) is 4.07. The molecular formula is C22H21FN6OS. The highest BCUT2D eigenvalue weighted by molar-refractivity contribution is 7.15. The zero-order valence-electron chi connectivity index (χ0n) is 16.7. The minimum Gasteiger partial charge on any atom is -0.321 e. The molecule has 0 bridgehead atoms. The second kappa shape index (κ2) is 8.54. The van der Waals surface area contributed by atoms with E-state index in [4.69, 9.17) is 4.98 Å². The van der Waals surface area contributed by atoms with Crippen molar-refractivity contribution in [1.29, 1.82) is 0 Å². The molecule has 1 aromatic carbocycles. The van der Waals surface area contributed by atoms with E-state index in [1.54, 1.807) is 17.4 Å². The summed E-state index contributed by atoms with van der Waals surface area (Å²) < 4.78 is 16.0. The second-order valence-corrected chi connectivity index (χ2v) is 8.21. The number of aromatic nitrogens is 3. The van der Waals surface area contributed by atoms with Crippen molar-refractivity contribution in [2.75, 3.05) is 31.5 Å². The summed E-state index contributed by atoms with van der Waals surface area (Å²) in [5.74, 6) is -1.34. The van der Waals surface area contributed by atoms with Crippen molar-refractivity contribution < 1.29 is 9.18 Å². The van der Waals surface area contributed by atoms with Gasteiger partial charge in [0, 0.05) is 61.8 Å². The Morgan fingerprint density at radius 2 is 2.03 bits per heavy atom. The van der Waals surface area contributed by atoms with Gasteiger partial charge in [0.1, 0.15) is 0 Å². The molecule has 1 amide bonds. The van der Waals surface area contributed by atoms with Crippen molar-refractivity contribution in [2.45, 2.75) is 6.54 Å². The van der Waals surface area contributed by atoms with Crippen LogP contribution in [0.15, 0.2) is 54.2 Å². The van der Waals surface area contributed by atoms with Crippen LogP contribution in [-0.4, -0.2) is 51.4 Å². The van der Waals surface area contributed by atoms with E-state index in [1.165, 1.54) is 24.0 Å². The maximum Gasteiger partial charge on any atom is 0.260 e. The predicted molar refractivity (Wildman–Crippen MR) is 119 cm³/mol. The summed E-state index contributed by atoms with van der Waals surface area (Å²) in [4.78, 5) is 24.2. The molecule has 1 fully saturated rings. The summed E-state index contributed by atoms with van der Waals surface area (Å²) in [5, 5.41) is 8.32. The van der Waals surface area contributed by atoms with Gasteiger partial charge in [-0.2, -0.15) is 4.39 Å². The van der Waals surface area contributed by atoms with Gasteiger partial charge in [-0.1, -0.05) is 18.2 Å². The third-order valence-electron chi connectivity index (χ3n) is 5.33. The summed E-state index contributed by atoms with van der Waals surface area (Å²) in [6.45, 7) is 4.94. The molecule has 4 aromatic rings. The Hall–Kier alpha value is -3.14. The Kier molecular flexibility index (Phi) is 5.46. The zero-order valence-corrected chi connectivity index (χ0v) is 17.5. The fraction of sp³-hybridized carbons (Fsp3) is 0.227. The number of rotatable bonds is 5. The predicted octanol–water partition coefficient (Wildman–Crippen LogP) is 3.25. The number of benzene rings is 1. The lowest BCUT2D eigenvalue weighted by atomic mass is 10.1. The smallest absolute Gasteiger partial charge is 0.260 e. The molecule has 0 saturated carbocycles. The molecule has 0 atom stereocenters. The summed E-state index contributed by atoms with van der Waals surface area (Å²) in [7, 11) is 0. The van der Waals surface area contributed by atoms with E-state index in [2.05, 4.69) is 30.3 Å². The van der Waals surface area contributed by atoms with Crippen LogP contribution in [0.5, 0.6) is 0 Å². The van der Waals surface area contributed by atoms with Gasteiger partial charge in [0.2, 0.25) is 5.95 Å². The van der Waals surface area contributed by atoms with Crippen molar-refractivity contribution in [3.05, 3.63) is 71.4 Å². The minimum atomic E-state index is -0.794. The van der Waals surface area contributed by atoms with Gasteiger partial charge in [-0.15, -0.1) is 11.3 Å². The number of thiazole rings is 1. The molecule has 9 heteroatoms. The second-order valence-electron chi connectivity index (χ2n) is 7.37. The fourth-order valence-electron chi connectivity index (χ4n) is 3.73. The monoisotopic (exact) mass is 436 g/mol. The summed E-state index contributed by atoms with van der Waals surface area (Å²) in [5.41, 5.74) is 3.21. The molecule has 0 spiro atoms. The number of hydrogen-bond donors (Lipinski definition) is 2. The van der Waals surface area contributed by atoms with E-state index in [0.29, 0.717) is 5.69 Å². The van der Waals surface area contributed by atoms with E-state index < -0.39 is 11.9 Å². The first kappa shape index (κ1) is 19.8. The van der Waals surface area contributed by atoms with Gasteiger partial charge in [0.05, 0.1) is 16.9 Å². The van der Waals surface area contributed by atoms with Crippen LogP contribution in [0.2, 0.25) is 0 Å². The van der Waals surface area contributed by atoms with Gasteiger partial charge >= 0.3 is 0 Å². The number of para-hydroxylation sites is 1. The number of nitrogens with one attached hydrogen (secondary N) is 2. The maximum atomic E-state index is 13.9. The first-order valence-corrected chi connectivity index (χ1v) is 11.0. The number of amides is 1. The van der Waals surface area contributed by atoms with Gasteiger partial charge in [-0.25, -0.2) is 9.97 Å². The Morgan fingerprint density at radius 3 is 2.87 bits per heavy atom. The van der Waals surface area contributed by atoms with E-state index in [-0.39, 0.29) is 5.56 Å². The molecule has 3 aromatic heterocycles. The van der Waals surface area contributed by atoms with Crippen LogP contribution in [0.4, 0.5) is 10.1 Å². The first-order valence-electron chi connectivity index (χ1n) is 10.1. The lowest BCUT2D eigenvalue weighted by molar-refractivity contribution is 0.102. The van der Waals surface area contributed by atoms with Crippen molar-refractivity contribution >= 4 is 27.9 Å². The molecule has 1 aliphatic rings. The number of piperazine rings is 1. The van der Waals surface area contributed by atoms with Gasteiger partial charge in [0.25, 0.3) is 5.91 Å². The van der Waals surface area contributed by atoms with Gasteiger partial charge in [0.15, 0.2) is 4.96 Å². The van der Waals surface area contributed by atoms with E-state index in [1.807, 2.05) is 24.4 Å². The van der Waals surface area contributed by atoms with E-state index >= 15 is 0 Å². The van der Waals surface area contributed by atoms with Crippen molar-refractivity contribution in [1.82, 2.24) is 24.6 Å². The topological polar surface area (TPSA) is 74.6 Å². The molecule has 1 saturated heterocycles. The van der Waals surface area contributed by atoms with Gasteiger partial charge < -0.3 is 10.6 Å². The number of imidazole rings is 1. The Labute approximate surface area is 182 Å². The summed E-state index contributed by atoms with van der Waals surface area (Å²) in [6, 6.07) is 10.4. The van der Waals surface area contributed by atoms with Gasteiger partial charge in [-0.05, 0) is 18.2 Å². The molecule has 4 heterocycles. The summed E-state index contributed by atoms with van der Waals surface area (Å²) >= 11 is 1.60. The fourth-order valence-corrected chi connectivity index (χ4v) is 4.60. The Bertz CT molecular complexity index is 1230. The lowest BCUT2D eigenvalue weighted by Crippen LogP contribution is -2.43. The molecule has 7 nitrogen and oxygen atoms in total. The van der Waals surface area contributed by atoms with Crippen LogP contribution in [-0.2, 0) is 6.54 Å². The number of fused-ring (bicyclic) bond motifs is 1. The zero-order chi connectivity index (χ0) is 21.2. The van der Waals surface area contributed by atoms with Crippen molar-refractivity contribution in [2.24, 2.45) is 0 Å². The first-order chi connectivity index (χ1) is 15.2. The highest BCUT2D eigenvalue weighted by atomic mass is 32.1. The third-order valence-corrected chi connectivity index (χ3v) is 6.22. The average Bonchev–Trinajstić information content (AvgIpc) is 3.37. The summed E-state index contributed by atoms with van der Waals surface area (Å²) in [6.07, 6.45) is 3.31. The van der Waals surface area contributed by atoms with Crippen LogP contribution in [0.1, 0.15) is 16.1 Å². The number of halogens is 1. The highest BCUT2D eigenvalue weighted by Crippen LogP contribution is 2.30. The molecule has 158 valence electrons. The molecule has 0 aliphatic carbocycles. The number of pyridine rings is 1. The van der Waals surface area contributed by atoms with Crippen LogP contribution in [0, 0.1) is 5.95 Å².